The Morgan fingerprint density at radius 1 is 1.29 bits per heavy atom. The summed E-state index contributed by atoms with van der Waals surface area (Å²) in [4.78, 5) is 11.3. The van der Waals surface area contributed by atoms with E-state index in [2.05, 4.69) is 29.8 Å². The number of alkyl halides is 1. The number of halogens is 1. The van der Waals surface area contributed by atoms with Crippen molar-refractivity contribution in [1.82, 2.24) is 0 Å². The third kappa shape index (κ3) is 7.51. The predicted octanol–water partition coefficient (Wildman–Crippen LogP) is 3.33. The number of Topliss-reactive ketones (excluding diaryl/α,β-unsaturated/α-hetero) is 1. The molecule has 0 fully saturated rings. The van der Waals surface area contributed by atoms with E-state index < -0.39 is 0 Å². The summed E-state index contributed by atoms with van der Waals surface area (Å²) in [5.74, 6) is 0.372. The van der Waals surface area contributed by atoms with E-state index in [4.69, 9.17) is 4.74 Å². The van der Waals surface area contributed by atoms with Crippen LogP contribution in [0.25, 0.3) is 0 Å². The molecule has 2 nitrogen and oxygen atoms in total. The van der Waals surface area contributed by atoms with Gasteiger partial charge in [0.15, 0.2) is 0 Å². The molecule has 14 heavy (non-hydrogen) atoms. The number of carbonyl (C=O) groups excluding carboxylic acids is 1. The molecule has 0 saturated heterocycles. The Kier molecular flexibility index (Phi) is 7.47. The molecule has 0 bridgehead atoms. The Balaban J connectivity index is 3.49. The minimum absolute atomic E-state index is 0.0876. The smallest absolute Gasteiger partial charge is 0.132 e. The van der Waals surface area contributed by atoms with Gasteiger partial charge in [0.2, 0.25) is 0 Å². The van der Waals surface area contributed by atoms with Gasteiger partial charge in [-0.3, -0.25) is 4.79 Å². The molecule has 0 N–H and O–H groups in total. The minimum atomic E-state index is -0.0876. The molecule has 0 unspecified atom stereocenters. The van der Waals surface area contributed by atoms with Crippen LogP contribution in [0.5, 0.6) is 0 Å². The van der Waals surface area contributed by atoms with Crippen LogP contribution in [0.3, 0.4) is 0 Å². The van der Waals surface area contributed by atoms with E-state index in [1.165, 1.54) is 0 Å². The highest BCUT2D eigenvalue weighted by Crippen LogP contribution is 2.17. The highest BCUT2D eigenvalue weighted by Gasteiger charge is 2.15. The number of ketones is 1. The molecule has 0 aliphatic rings. The normalized spacial score (nSPS) is 11.7. The molecular weight excluding hydrogens is 244 g/mol. The minimum Gasteiger partial charge on any atom is -0.379 e. The predicted molar refractivity (Wildman–Crippen MR) is 63.0 cm³/mol. The maximum Gasteiger partial charge on any atom is 0.132 e. The number of ether oxygens (including phenoxy) is 1. The first-order chi connectivity index (χ1) is 6.52. The van der Waals surface area contributed by atoms with Crippen LogP contribution in [-0.4, -0.2) is 23.8 Å². The van der Waals surface area contributed by atoms with E-state index in [0.717, 1.165) is 24.6 Å². The number of rotatable bonds is 8. The summed E-state index contributed by atoms with van der Waals surface area (Å²) >= 11 is 3.32. The second-order valence-corrected chi connectivity index (χ2v) is 4.94. The molecule has 0 aliphatic carbocycles. The monoisotopic (exact) mass is 264 g/mol. The lowest BCUT2D eigenvalue weighted by molar-refractivity contribution is -0.119. The molecule has 0 saturated carbocycles. The number of methoxy groups -OCH3 is 1. The zero-order valence-electron chi connectivity index (χ0n) is 9.44. The number of hydrogen-bond acceptors (Lipinski definition) is 2. The van der Waals surface area contributed by atoms with Crippen molar-refractivity contribution in [2.75, 3.05) is 12.4 Å². The maximum absolute atomic E-state index is 11.3. The lowest BCUT2D eigenvalue weighted by atomic mass is 9.99. The summed E-state index contributed by atoms with van der Waals surface area (Å²) < 4.78 is 5.28. The number of carbonyl (C=O) groups is 1. The quantitative estimate of drug-likeness (QED) is 0.629. The Bertz CT molecular complexity index is 167. The SMILES string of the molecule is COC(C)(C)CCCC(=O)CCCBr. The lowest BCUT2D eigenvalue weighted by Crippen LogP contribution is -2.22. The molecule has 0 aliphatic heterocycles. The van der Waals surface area contributed by atoms with Crippen molar-refractivity contribution in [3.05, 3.63) is 0 Å². The molecule has 0 rings (SSSR count). The first-order valence-electron chi connectivity index (χ1n) is 5.14. The van der Waals surface area contributed by atoms with Gasteiger partial charge in [-0.05, 0) is 33.1 Å². The maximum atomic E-state index is 11.3. The van der Waals surface area contributed by atoms with Crippen LogP contribution in [0.1, 0.15) is 46.0 Å². The van der Waals surface area contributed by atoms with Gasteiger partial charge in [-0.25, -0.2) is 0 Å². The van der Waals surface area contributed by atoms with Gasteiger partial charge in [-0.1, -0.05) is 15.9 Å². The Labute approximate surface area is 95.5 Å². The van der Waals surface area contributed by atoms with E-state index in [1.807, 2.05) is 0 Å². The zero-order valence-corrected chi connectivity index (χ0v) is 11.0. The van der Waals surface area contributed by atoms with Gasteiger partial charge in [0.25, 0.3) is 0 Å². The molecule has 3 heteroatoms. The summed E-state index contributed by atoms with van der Waals surface area (Å²) in [6, 6.07) is 0. The van der Waals surface area contributed by atoms with Crippen molar-refractivity contribution in [3.8, 4) is 0 Å². The molecule has 0 heterocycles. The summed E-state index contributed by atoms with van der Waals surface area (Å²) in [5, 5.41) is 0.919. The molecule has 84 valence electrons. The molecule has 0 aromatic carbocycles. The molecular formula is C11H21BrO2. The van der Waals surface area contributed by atoms with Crippen molar-refractivity contribution in [3.63, 3.8) is 0 Å². The third-order valence-electron chi connectivity index (χ3n) is 2.38. The highest BCUT2D eigenvalue weighted by molar-refractivity contribution is 9.09. The van der Waals surface area contributed by atoms with Gasteiger partial charge in [-0.15, -0.1) is 0 Å². The first kappa shape index (κ1) is 14.1. The fourth-order valence-electron chi connectivity index (χ4n) is 1.20. The standard InChI is InChI=1S/C11H21BrO2/c1-11(2,14-3)8-4-6-10(13)7-5-9-12/h4-9H2,1-3H3. The van der Waals surface area contributed by atoms with Crippen LogP contribution in [0.4, 0.5) is 0 Å². The molecule has 0 amide bonds. The van der Waals surface area contributed by atoms with Crippen LogP contribution in [-0.2, 0) is 9.53 Å². The van der Waals surface area contributed by atoms with Crippen LogP contribution in [0.15, 0.2) is 0 Å². The van der Waals surface area contributed by atoms with Crippen LogP contribution < -0.4 is 0 Å². The van der Waals surface area contributed by atoms with Gasteiger partial charge in [0.05, 0.1) is 5.60 Å². The Morgan fingerprint density at radius 2 is 1.86 bits per heavy atom. The van der Waals surface area contributed by atoms with Gasteiger partial charge in [-0.2, -0.15) is 0 Å². The summed E-state index contributed by atoms with van der Waals surface area (Å²) in [6.45, 7) is 4.10. The average Bonchev–Trinajstić information content (AvgIpc) is 2.14. The van der Waals surface area contributed by atoms with Gasteiger partial charge >= 0.3 is 0 Å². The zero-order chi connectivity index (χ0) is 11.0. The second kappa shape index (κ2) is 7.41. The fourth-order valence-corrected chi connectivity index (χ4v) is 1.48. The highest BCUT2D eigenvalue weighted by atomic mass is 79.9. The van der Waals surface area contributed by atoms with E-state index in [0.29, 0.717) is 18.6 Å². The molecule has 0 aromatic rings. The summed E-state index contributed by atoms with van der Waals surface area (Å²) in [7, 11) is 1.71. The van der Waals surface area contributed by atoms with Crippen LogP contribution in [0, 0.1) is 0 Å². The van der Waals surface area contributed by atoms with Crippen LogP contribution >= 0.6 is 15.9 Å². The lowest BCUT2D eigenvalue weighted by Gasteiger charge is -2.22. The van der Waals surface area contributed by atoms with E-state index in [9.17, 15) is 4.79 Å². The van der Waals surface area contributed by atoms with E-state index in [1.54, 1.807) is 7.11 Å². The van der Waals surface area contributed by atoms with Gasteiger partial charge in [0.1, 0.15) is 5.78 Å². The Hall–Kier alpha value is 0.110. The van der Waals surface area contributed by atoms with Crippen LogP contribution in [0.2, 0.25) is 0 Å². The van der Waals surface area contributed by atoms with Crippen molar-refractivity contribution in [2.24, 2.45) is 0 Å². The molecule has 0 aromatic heterocycles. The fraction of sp³-hybridized carbons (Fsp3) is 0.909. The number of hydrogen-bond donors (Lipinski definition) is 0. The second-order valence-electron chi connectivity index (χ2n) is 4.15. The van der Waals surface area contributed by atoms with Gasteiger partial charge < -0.3 is 4.74 Å². The van der Waals surface area contributed by atoms with E-state index in [-0.39, 0.29) is 5.60 Å². The largest absolute Gasteiger partial charge is 0.379 e. The third-order valence-corrected chi connectivity index (χ3v) is 2.94. The van der Waals surface area contributed by atoms with Gasteiger partial charge in [0, 0.05) is 25.3 Å². The summed E-state index contributed by atoms with van der Waals surface area (Å²) in [6.07, 6.45) is 4.23. The molecule has 0 radical (unpaired) electrons. The van der Waals surface area contributed by atoms with Crippen molar-refractivity contribution >= 4 is 21.7 Å². The van der Waals surface area contributed by atoms with Crippen molar-refractivity contribution < 1.29 is 9.53 Å². The van der Waals surface area contributed by atoms with E-state index >= 15 is 0 Å². The summed E-state index contributed by atoms with van der Waals surface area (Å²) in [5.41, 5.74) is -0.0876. The topological polar surface area (TPSA) is 26.3 Å². The molecule has 0 spiro atoms. The molecule has 0 atom stereocenters. The average molecular weight is 265 g/mol. The van der Waals surface area contributed by atoms with Crippen molar-refractivity contribution in [1.29, 1.82) is 0 Å². The van der Waals surface area contributed by atoms with Crippen molar-refractivity contribution in [2.45, 2.75) is 51.6 Å². The Morgan fingerprint density at radius 3 is 2.36 bits per heavy atom. The first-order valence-corrected chi connectivity index (χ1v) is 6.27.